The molecule has 2 aromatic carbocycles. The summed E-state index contributed by atoms with van der Waals surface area (Å²) in [5.41, 5.74) is 2.20. The van der Waals surface area contributed by atoms with Gasteiger partial charge in [-0.2, -0.15) is 0 Å². The summed E-state index contributed by atoms with van der Waals surface area (Å²) >= 11 is 0. The van der Waals surface area contributed by atoms with Crippen molar-refractivity contribution in [1.82, 2.24) is 0 Å². The minimum absolute atomic E-state index is 0.317. The summed E-state index contributed by atoms with van der Waals surface area (Å²) in [6.07, 6.45) is 0. The van der Waals surface area contributed by atoms with E-state index >= 15 is 0 Å². The van der Waals surface area contributed by atoms with E-state index in [1.54, 1.807) is 24.3 Å². The van der Waals surface area contributed by atoms with Crippen LogP contribution in [0.4, 0.5) is 11.4 Å². The van der Waals surface area contributed by atoms with E-state index in [9.17, 15) is 9.59 Å². The predicted octanol–water partition coefficient (Wildman–Crippen LogP) is 3.72. The normalized spacial score (nSPS) is 10.4. The first-order valence-corrected chi connectivity index (χ1v) is 8.40. The van der Waals surface area contributed by atoms with Crippen LogP contribution in [0.15, 0.2) is 54.6 Å². The lowest BCUT2D eigenvalue weighted by Gasteiger charge is -2.27. The monoisotopic (exact) mass is 340 g/mol. The highest BCUT2D eigenvalue weighted by atomic mass is 16.5. The Kier molecular flexibility index (Phi) is 6.57. The molecule has 0 fully saturated rings. The molecular weight excluding hydrogens is 316 g/mol. The molecule has 0 atom stereocenters. The van der Waals surface area contributed by atoms with Crippen LogP contribution in [0.25, 0.3) is 0 Å². The fourth-order valence-electron chi connectivity index (χ4n) is 2.57. The van der Waals surface area contributed by atoms with Crippen LogP contribution in [-0.2, 0) is 9.53 Å². The maximum atomic E-state index is 11.9. The first kappa shape index (κ1) is 18.5. The van der Waals surface area contributed by atoms with Crippen molar-refractivity contribution in [2.45, 2.75) is 26.8 Å². The summed E-state index contributed by atoms with van der Waals surface area (Å²) in [6, 6.07) is 16.6. The molecule has 2 aromatic rings. The number of nitrogens with one attached hydrogen (secondary N) is 1. The van der Waals surface area contributed by atoms with Gasteiger partial charge in [0.05, 0.1) is 5.56 Å². The van der Waals surface area contributed by atoms with Crippen LogP contribution in [0.3, 0.4) is 0 Å². The highest BCUT2D eigenvalue weighted by Gasteiger charge is 2.11. The third-order valence-electron chi connectivity index (χ3n) is 3.79. The first-order chi connectivity index (χ1) is 12.0. The zero-order valence-corrected chi connectivity index (χ0v) is 14.9. The third-order valence-corrected chi connectivity index (χ3v) is 3.79. The standard InChI is InChI=1S/C20H24N2O3/c1-4-22(15(2)3)18-12-10-17(11-13-18)21-19(23)14-25-20(24)16-8-6-5-7-9-16/h5-13,15H,4,14H2,1-3H3,(H,21,23). The van der Waals surface area contributed by atoms with Crippen LogP contribution in [0.1, 0.15) is 31.1 Å². The summed E-state index contributed by atoms with van der Waals surface area (Å²) in [5.74, 6) is -0.880. The SMILES string of the molecule is CCN(c1ccc(NC(=O)COC(=O)c2ccccc2)cc1)C(C)C. The van der Waals surface area contributed by atoms with Crippen LogP contribution in [0, 0.1) is 0 Å². The maximum Gasteiger partial charge on any atom is 0.338 e. The van der Waals surface area contributed by atoms with Gasteiger partial charge in [-0.05, 0) is 57.2 Å². The number of carbonyl (C=O) groups is 2. The highest BCUT2D eigenvalue weighted by molar-refractivity contribution is 5.95. The van der Waals surface area contributed by atoms with Crippen molar-refractivity contribution in [3.8, 4) is 0 Å². The Bertz CT molecular complexity index is 697. The fourth-order valence-corrected chi connectivity index (χ4v) is 2.57. The Balaban J connectivity index is 1.87. The molecule has 0 saturated heterocycles. The molecule has 2 rings (SSSR count). The van der Waals surface area contributed by atoms with Gasteiger partial charge in [-0.3, -0.25) is 4.79 Å². The Morgan fingerprint density at radius 3 is 2.24 bits per heavy atom. The van der Waals surface area contributed by atoms with Crippen molar-refractivity contribution >= 4 is 23.3 Å². The van der Waals surface area contributed by atoms with Crippen LogP contribution in [0.2, 0.25) is 0 Å². The van der Waals surface area contributed by atoms with Crippen molar-refractivity contribution < 1.29 is 14.3 Å². The van der Waals surface area contributed by atoms with Crippen molar-refractivity contribution in [3.05, 3.63) is 60.2 Å². The number of hydrogen-bond acceptors (Lipinski definition) is 4. The minimum Gasteiger partial charge on any atom is -0.452 e. The van der Waals surface area contributed by atoms with Crippen molar-refractivity contribution in [1.29, 1.82) is 0 Å². The molecule has 25 heavy (non-hydrogen) atoms. The lowest BCUT2D eigenvalue weighted by atomic mass is 10.2. The van der Waals surface area contributed by atoms with Gasteiger partial charge in [-0.1, -0.05) is 18.2 Å². The molecule has 5 heteroatoms. The van der Waals surface area contributed by atoms with E-state index in [0.29, 0.717) is 17.3 Å². The molecule has 0 aliphatic heterocycles. The van der Waals surface area contributed by atoms with Crippen molar-refractivity contribution in [2.24, 2.45) is 0 Å². The molecule has 1 N–H and O–H groups in total. The average Bonchev–Trinajstić information content (AvgIpc) is 2.62. The van der Waals surface area contributed by atoms with E-state index < -0.39 is 5.97 Å². The number of anilines is 2. The second-order valence-corrected chi connectivity index (χ2v) is 5.92. The molecule has 132 valence electrons. The average molecular weight is 340 g/mol. The van der Waals surface area contributed by atoms with Crippen molar-refractivity contribution in [3.63, 3.8) is 0 Å². The molecule has 0 radical (unpaired) electrons. The summed E-state index contributed by atoms with van der Waals surface area (Å²) in [4.78, 5) is 26.0. The van der Waals surface area contributed by atoms with Crippen LogP contribution >= 0.6 is 0 Å². The van der Waals surface area contributed by atoms with E-state index in [1.807, 2.05) is 30.3 Å². The fraction of sp³-hybridized carbons (Fsp3) is 0.300. The third kappa shape index (κ3) is 5.35. The molecule has 0 aromatic heterocycles. The molecule has 1 amide bonds. The molecule has 0 spiro atoms. The number of nitrogens with zero attached hydrogens (tertiary/aromatic N) is 1. The summed E-state index contributed by atoms with van der Waals surface area (Å²) in [7, 11) is 0. The molecular formula is C20H24N2O3. The number of amides is 1. The smallest absolute Gasteiger partial charge is 0.338 e. The molecule has 0 unspecified atom stereocenters. The number of esters is 1. The molecule has 0 heterocycles. The zero-order chi connectivity index (χ0) is 18.2. The van der Waals surface area contributed by atoms with Gasteiger partial charge in [0.2, 0.25) is 0 Å². The van der Waals surface area contributed by atoms with Gasteiger partial charge in [0.25, 0.3) is 5.91 Å². The number of rotatable bonds is 7. The van der Waals surface area contributed by atoms with E-state index in [2.05, 4.69) is 31.0 Å². The second-order valence-electron chi connectivity index (χ2n) is 5.92. The molecule has 0 saturated carbocycles. The summed E-state index contributed by atoms with van der Waals surface area (Å²) < 4.78 is 5.01. The van der Waals surface area contributed by atoms with Gasteiger partial charge < -0.3 is 15.0 Å². The van der Waals surface area contributed by atoms with Gasteiger partial charge >= 0.3 is 5.97 Å². The largest absolute Gasteiger partial charge is 0.452 e. The van der Waals surface area contributed by atoms with Crippen LogP contribution in [0.5, 0.6) is 0 Å². The first-order valence-electron chi connectivity index (χ1n) is 8.40. The van der Waals surface area contributed by atoms with Gasteiger partial charge in [0.1, 0.15) is 0 Å². The molecule has 5 nitrogen and oxygen atoms in total. The van der Waals surface area contributed by atoms with Crippen LogP contribution in [-0.4, -0.2) is 31.1 Å². The Morgan fingerprint density at radius 1 is 1.04 bits per heavy atom. The highest BCUT2D eigenvalue weighted by Crippen LogP contribution is 2.19. The van der Waals surface area contributed by atoms with Crippen molar-refractivity contribution in [2.75, 3.05) is 23.4 Å². The lowest BCUT2D eigenvalue weighted by molar-refractivity contribution is -0.119. The number of ether oxygens (including phenoxy) is 1. The van der Waals surface area contributed by atoms with E-state index in [-0.39, 0.29) is 12.5 Å². The second kappa shape index (κ2) is 8.87. The topological polar surface area (TPSA) is 58.6 Å². The predicted molar refractivity (Wildman–Crippen MR) is 100.0 cm³/mol. The molecule has 0 bridgehead atoms. The van der Waals surface area contributed by atoms with Gasteiger partial charge in [-0.25, -0.2) is 4.79 Å². The lowest BCUT2D eigenvalue weighted by Crippen LogP contribution is -2.30. The Hall–Kier alpha value is -2.82. The summed E-state index contributed by atoms with van der Waals surface area (Å²) in [5, 5.41) is 2.73. The van der Waals surface area contributed by atoms with Gasteiger partial charge in [-0.15, -0.1) is 0 Å². The van der Waals surface area contributed by atoms with E-state index in [1.165, 1.54) is 0 Å². The van der Waals surface area contributed by atoms with Gasteiger partial charge in [0.15, 0.2) is 6.61 Å². The Labute approximate surface area is 148 Å². The zero-order valence-electron chi connectivity index (χ0n) is 14.9. The quantitative estimate of drug-likeness (QED) is 0.781. The number of carbonyl (C=O) groups excluding carboxylic acids is 2. The molecule has 0 aliphatic carbocycles. The summed E-state index contributed by atoms with van der Waals surface area (Å²) in [6.45, 7) is 6.98. The van der Waals surface area contributed by atoms with E-state index in [4.69, 9.17) is 4.74 Å². The van der Waals surface area contributed by atoms with Crippen LogP contribution < -0.4 is 10.2 Å². The van der Waals surface area contributed by atoms with Gasteiger partial charge in [0, 0.05) is 24.0 Å². The molecule has 0 aliphatic rings. The number of benzene rings is 2. The Morgan fingerprint density at radius 2 is 1.68 bits per heavy atom. The number of hydrogen-bond donors (Lipinski definition) is 1. The minimum atomic E-state index is -0.512. The van der Waals surface area contributed by atoms with E-state index in [0.717, 1.165) is 12.2 Å². The maximum absolute atomic E-state index is 11.9.